The van der Waals surface area contributed by atoms with Crippen LogP contribution in [0.3, 0.4) is 0 Å². The van der Waals surface area contributed by atoms with E-state index < -0.39 is 24.4 Å². The summed E-state index contributed by atoms with van der Waals surface area (Å²) in [5.74, 6) is 0. The third kappa shape index (κ3) is 3.34. The first kappa shape index (κ1) is 14.9. The van der Waals surface area contributed by atoms with E-state index in [9.17, 15) is 15.3 Å². The van der Waals surface area contributed by atoms with Crippen molar-refractivity contribution >= 4 is 5.71 Å². The van der Waals surface area contributed by atoms with Crippen molar-refractivity contribution in [2.75, 3.05) is 13.7 Å². The highest BCUT2D eigenvalue weighted by Crippen LogP contribution is 2.20. The molecule has 6 heteroatoms. The molecule has 20 heavy (non-hydrogen) atoms. The van der Waals surface area contributed by atoms with E-state index in [0.29, 0.717) is 5.71 Å². The van der Waals surface area contributed by atoms with Crippen LogP contribution in [0.15, 0.2) is 35.5 Å². The summed E-state index contributed by atoms with van der Waals surface area (Å²) in [7, 11) is 1.44. The number of hydrogen-bond acceptors (Lipinski definition) is 6. The van der Waals surface area contributed by atoms with Crippen LogP contribution in [0.1, 0.15) is 12.0 Å². The highest BCUT2D eigenvalue weighted by atomic mass is 16.6. The molecule has 0 aliphatic carbocycles. The lowest BCUT2D eigenvalue weighted by Gasteiger charge is -2.35. The van der Waals surface area contributed by atoms with Gasteiger partial charge >= 0.3 is 0 Å². The van der Waals surface area contributed by atoms with Gasteiger partial charge in [0, 0.05) is 6.42 Å². The van der Waals surface area contributed by atoms with Gasteiger partial charge in [0.2, 0.25) is 0 Å². The molecule has 0 bridgehead atoms. The summed E-state index contributed by atoms with van der Waals surface area (Å²) >= 11 is 0. The van der Waals surface area contributed by atoms with E-state index in [1.54, 1.807) is 0 Å². The molecule has 1 saturated heterocycles. The van der Waals surface area contributed by atoms with E-state index >= 15 is 0 Å². The molecule has 4 atom stereocenters. The number of aliphatic hydroxyl groups excluding tert-OH is 3. The number of aliphatic hydroxyl groups is 3. The maximum absolute atomic E-state index is 9.94. The van der Waals surface area contributed by atoms with Gasteiger partial charge in [0.15, 0.2) is 0 Å². The second kappa shape index (κ2) is 6.81. The molecular weight excluding hydrogens is 262 g/mol. The fourth-order valence-corrected chi connectivity index (χ4v) is 2.19. The quantitative estimate of drug-likeness (QED) is 0.530. The van der Waals surface area contributed by atoms with Crippen molar-refractivity contribution in [3.8, 4) is 0 Å². The Morgan fingerprint density at radius 3 is 2.60 bits per heavy atom. The van der Waals surface area contributed by atoms with Crippen molar-refractivity contribution in [1.82, 2.24) is 0 Å². The Kier molecular flexibility index (Phi) is 5.08. The number of oxime groups is 1. The van der Waals surface area contributed by atoms with Crippen LogP contribution in [0.25, 0.3) is 0 Å². The Hall–Kier alpha value is -1.47. The Morgan fingerprint density at radius 2 is 1.95 bits per heavy atom. The second-order valence-electron chi connectivity index (χ2n) is 4.71. The molecule has 110 valence electrons. The summed E-state index contributed by atoms with van der Waals surface area (Å²) in [6, 6.07) is 9.38. The summed E-state index contributed by atoms with van der Waals surface area (Å²) in [4.78, 5) is 4.82. The maximum atomic E-state index is 9.94. The van der Waals surface area contributed by atoms with Crippen LogP contribution in [0, 0.1) is 0 Å². The van der Waals surface area contributed by atoms with Crippen molar-refractivity contribution in [2.24, 2.45) is 5.16 Å². The third-order valence-electron chi connectivity index (χ3n) is 3.31. The second-order valence-corrected chi connectivity index (χ2v) is 4.71. The lowest BCUT2D eigenvalue weighted by Crippen LogP contribution is -2.53. The molecule has 1 fully saturated rings. The Labute approximate surface area is 117 Å². The normalized spacial score (nSPS) is 31.1. The number of rotatable bonds is 4. The van der Waals surface area contributed by atoms with E-state index in [2.05, 4.69) is 5.16 Å². The first-order chi connectivity index (χ1) is 9.63. The Morgan fingerprint density at radius 1 is 1.25 bits per heavy atom. The molecule has 0 spiro atoms. The average Bonchev–Trinajstić information content (AvgIpc) is 2.48. The van der Waals surface area contributed by atoms with E-state index in [0.717, 1.165) is 5.56 Å². The summed E-state index contributed by atoms with van der Waals surface area (Å²) in [6.07, 6.45) is -3.80. The Bertz CT molecular complexity index is 450. The first-order valence-electron chi connectivity index (χ1n) is 6.44. The minimum absolute atomic E-state index is 0.0159. The standard InChI is InChI=1S/C14H19NO5/c1-19-15-10(9-5-3-2-4-6-9)7-12-14(18)13(17)11(16)8-20-12/h2-6,11-14,16-18H,7-8H2,1H3/b15-10-/t11-,12+,13+,14+/m1/s1. The lowest BCUT2D eigenvalue weighted by molar-refractivity contribution is -0.184. The van der Waals surface area contributed by atoms with Gasteiger partial charge in [-0.1, -0.05) is 35.5 Å². The summed E-state index contributed by atoms with van der Waals surface area (Å²) in [6.45, 7) is -0.0159. The summed E-state index contributed by atoms with van der Waals surface area (Å²) < 4.78 is 5.37. The molecule has 6 nitrogen and oxygen atoms in total. The molecule has 3 N–H and O–H groups in total. The molecule has 0 aromatic heterocycles. The van der Waals surface area contributed by atoms with Crippen LogP contribution in [0.2, 0.25) is 0 Å². The number of nitrogens with zero attached hydrogens (tertiary/aromatic N) is 1. The third-order valence-corrected chi connectivity index (χ3v) is 3.31. The zero-order valence-corrected chi connectivity index (χ0v) is 11.2. The van der Waals surface area contributed by atoms with Gasteiger partial charge < -0.3 is 24.9 Å². The van der Waals surface area contributed by atoms with Gasteiger partial charge in [-0.3, -0.25) is 0 Å². The van der Waals surface area contributed by atoms with Crippen molar-refractivity contribution in [1.29, 1.82) is 0 Å². The van der Waals surface area contributed by atoms with Gasteiger partial charge in [0.05, 0.1) is 18.4 Å². The predicted octanol–water partition coefficient (Wildman–Crippen LogP) is -0.0913. The monoisotopic (exact) mass is 281 g/mol. The number of benzene rings is 1. The van der Waals surface area contributed by atoms with Gasteiger partial charge in [0.25, 0.3) is 0 Å². The summed E-state index contributed by atoms with van der Waals surface area (Å²) in [5, 5.41) is 33.0. The van der Waals surface area contributed by atoms with Gasteiger partial charge in [-0.15, -0.1) is 0 Å². The zero-order chi connectivity index (χ0) is 14.5. The minimum atomic E-state index is -1.21. The van der Waals surface area contributed by atoms with Crippen molar-refractivity contribution < 1.29 is 24.9 Å². The van der Waals surface area contributed by atoms with Crippen LogP contribution in [0.4, 0.5) is 0 Å². The van der Waals surface area contributed by atoms with Gasteiger partial charge in [-0.05, 0) is 5.56 Å². The van der Waals surface area contributed by atoms with E-state index in [4.69, 9.17) is 9.57 Å². The summed E-state index contributed by atoms with van der Waals surface area (Å²) in [5.41, 5.74) is 1.46. The largest absolute Gasteiger partial charge is 0.399 e. The topological polar surface area (TPSA) is 91.5 Å². The molecule has 2 rings (SSSR count). The molecule has 1 aliphatic heterocycles. The fraction of sp³-hybridized carbons (Fsp3) is 0.500. The molecule has 0 amide bonds. The highest BCUT2D eigenvalue weighted by Gasteiger charge is 2.38. The molecule has 1 aromatic rings. The van der Waals surface area contributed by atoms with Crippen LogP contribution in [-0.4, -0.2) is 59.2 Å². The van der Waals surface area contributed by atoms with Gasteiger partial charge in [-0.25, -0.2) is 0 Å². The number of ether oxygens (including phenoxy) is 1. The molecule has 1 heterocycles. The fourth-order valence-electron chi connectivity index (χ4n) is 2.19. The smallest absolute Gasteiger partial charge is 0.111 e. The van der Waals surface area contributed by atoms with E-state index in [1.165, 1.54) is 7.11 Å². The first-order valence-corrected chi connectivity index (χ1v) is 6.44. The van der Waals surface area contributed by atoms with Crippen LogP contribution >= 0.6 is 0 Å². The zero-order valence-electron chi connectivity index (χ0n) is 11.2. The molecular formula is C14H19NO5. The van der Waals surface area contributed by atoms with Crippen LogP contribution < -0.4 is 0 Å². The SMILES string of the molecule is CO/N=C(/C[C@@H]1OC[C@@H](O)[C@H](O)[C@H]1O)c1ccccc1. The van der Waals surface area contributed by atoms with E-state index in [-0.39, 0.29) is 13.0 Å². The van der Waals surface area contributed by atoms with Crippen molar-refractivity contribution in [3.63, 3.8) is 0 Å². The van der Waals surface area contributed by atoms with Crippen LogP contribution in [0.5, 0.6) is 0 Å². The van der Waals surface area contributed by atoms with Crippen molar-refractivity contribution in [2.45, 2.75) is 30.8 Å². The highest BCUT2D eigenvalue weighted by molar-refractivity contribution is 6.00. The number of hydrogen-bond donors (Lipinski definition) is 3. The average molecular weight is 281 g/mol. The molecule has 1 aromatic carbocycles. The maximum Gasteiger partial charge on any atom is 0.111 e. The van der Waals surface area contributed by atoms with E-state index in [1.807, 2.05) is 30.3 Å². The van der Waals surface area contributed by atoms with Crippen molar-refractivity contribution in [3.05, 3.63) is 35.9 Å². The van der Waals surface area contributed by atoms with Gasteiger partial charge in [-0.2, -0.15) is 0 Å². The van der Waals surface area contributed by atoms with Gasteiger partial charge in [0.1, 0.15) is 25.4 Å². The predicted molar refractivity (Wildman–Crippen MR) is 72.4 cm³/mol. The molecule has 0 saturated carbocycles. The Balaban J connectivity index is 2.12. The molecule has 1 aliphatic rings. The molecule has 0 radical (unpaired) electrons. The minimum Gasteiger partial charge on any atom is -0.399 e. The van der Waals surface area contributed by atoms with Crippen LogP contribution in [-0.2, 0) is 9.57 Å². The lowest BCUT2D eigenvalue weighted by atomic mass is 9.94. The molecule has 0 unspecified atom stereocenters.